The molecule has 3 aromatic rings. The van der Waals surface area contributed by atoms with E-state index in [9.17, 15) is 14.0 Å². The fourth-order valence-corrected chi connectivity index (χ4v) is 4.57. The molecule has 9 heteroatoms. The number of carbonyl (C=O) groups is 2. The highest BCUT2D eigenvalue weighted by molar-refractivity contribution is 5.99. The first kappa shape index (κ1) is 22.8. The zero-order chi connectivity index (χ0) is 24.4. The van der Waals surface area contributed by atoms with Crippen LogP contribution < -0.4 is 9.64 Å². The molecule has 1 saturated heterocycles. The molecule has 2 aromatic carbocycles. The van der Waals surface area contributed by atoms with Crippen LogP contribution in [0.15, 0.2) is 54.7 Å². The third kappa shape index (κ3) is 4.53. The lowest BCUT2D eigenvalue weighted by Crippen LogP contribution is -2.41. The minimum absolute atomic E-state index is 0.0913. The molecule has 8 nitrogen and oxygen atoms in total. The van der Waals surface area contributed by atoms with E-state index in [1.807, 2.05) is 23.1 Å². The van der Waals surface area contributed by atoms with Gasteiger partial charge in [-0.05, 0) is 48.6 Å². The zero-order valence-electron chi connectivity index (χ0n) is 19.3. The van der Waals surface area contributed by atoms with E-state index in [0.29, 0.717) is 31.9 Å². The molecule has 5 rings (SSSR count). The molecule has 3 heterocycles. The summed E-state index contributed by atoms with van der Waals surface area (Å²) in [7, 11) is 1.31. The Bertz CT molecular complexity index is 1250. The maximum absolute atomic E-state index is 13.5. The number of methoxy groups -OCH3 is 1. The van der Waals surface area contributed by atoms with Gasteiger partial charge in [-0.1, -0.05) is 30.3 Å². The number of carbonyl (C=O) groups excluding carboxylic acids is 2. The fraction of sp³-hybridized carbons (Fsp3) is 0.308. The Balaban J connectivity index is 1.47. The van der Waals surface area contributed by atoms with E-state index in [0.717, 1.165) is 17.7 Å². The second-order valence-electron chi connectivity index (χ2n) is 8.51. The van der Waals surface area contributed by atoms with E-state index < -0.39 is 12.0 Å². The average Bonchev–Trinajstić information content (AvgIpc) is 3.55. The fourth-order valence-electron chi connectivity index (χ4n) is 4.57. The lowest BCUT2D eigenvalue weighted by atomic mass is 10.2. The third-order valence-corrected chi connectivity index (χ3v) is 6.38. The van der Waals surface area contributed by atoms with Crippen LogP contribution in [0.25, 0.3) is 0 Å². The molecule has 1 fully saturated rings. The predicted octanol–water partition coefficient (Wildman–Crippen LogP) is 3.67. The van der Waals surface area contributed by atoms with Crippen molar-refractivity contribution < 1.29 is 23.5 Å². The first-order valence-corrected chi connectivity index (χ1v) is 11.5. The maximum atomic E-state index is 13.5. The molecule has 0 unspecified atom stereocenters. The summed E-state index contributed by atoms with van der Waals surface area (Å²) in [6, 6.07) is 13.3. The van der Waals surface area contributed by atoms with Gasteiger partial charge < -0.3 is 19.3 Å². The number of fused-ring (bicyclic) bond motifs is 1. The number of esters is 1. The van der Waals surface area contributed by atoms with Gasteiger partial charge in [-0.3, -0.25) is 4.79 Å². The molecule has 35 heavy (non-hydrogen) atoms. The van der Waals surface area contributed by atoms with Crippen LogP contribution in [0.3, 0.4) is 0 Å². The van der Waals surface area contributed by atoms with Crippen molar-refractivity contribution in [3.8, 4) is 5.88 Å². The van der Waals surface area contributed by atoms with Crippen molar-refractivity contribution in [2.45, 2.75) is 31.9 Å². The lowest BCUT2D eigenvalue weighted by Gasteiger charge is -2.24. The van der Waals surface area contributed by atoms with Crippen LogP contribution >= 0.6 is 0 Å². The van der Waals surface area contributed by atoms with Crippen molar-refractivity contribution in [3.63, 3.8) is 0 Å². The van der Waals surface area contributed by atoms with Crippen LogP contribution in [-0.2, 0) is 22.6 Å². The van der Waals surface area contributed by atoms with E-state index in [1.54, 1.807) is 12.1 Å². The molecule has 1 amide bonds. The lowest BCUT2D eigenvalue weighted by molar-refractivity contribution is -0.145. The number of halogens is 1. The Morgan fingerprint density at radius 2 is 1.91 bits per heavy atom. The summed E-state index contributed by atoms with van der Waals surface area (Å²) in [4.78, 5) is 38.3. The highest BCUT2D eigenvalue weighted by Crippen LogP contribution is 2.34. The summed E-state index contributed by atoms with van der Waals surface area (Å²) < 4.78 is 24.2. The minimum atomic E-state index is -0.650. The van der Waals surface area contributed by atoms with Gasteiger partial charge in [-0.25, -0.2) is 14.2 Å². The van der Waals surface area contributed by atoms with Gasteiger partial charge in [0.2, 0.25) is 11.8 Å². The van der Waals surface area contributed by atoms with E-state index >= 15 is 0 Å². The molecule has 0 spiro atoms. The summed E-state index contributed by atoms with van der Waals surface area (Å²) in [6.45, 7) is 1.23. The van der Waals surface area contributed by atoms with Crippen molar-refractivity contribution in [2.75, 3.05) is 25.1 Å². The Hall–Kier alpha value is -4.01. The number of amides is 1. The van der Waals surface area contributed by atoms with Crippen molar-refractivity contribution in [1.29, 1.82) is 0 Å². The van der Waals surface area contributed by atoms with E-state index in [2.05, 4.69) is 16.0 Å². The number of benzene rings is 2. The number of ether oxygens (including phenoxy) is 2. The second kappa shape index (κ2) is 9.69. The summed E-state index contributed by atoms with van der Waals surface area (Å²) in [6.07, 6.45) is 3.55. The smallest absolute Gasteiger partial charge is 0.328 e. The van der Waals surface area contributed by atoms with Gasteiger partial charge >= 0.3 is 5.97 Å². The topological polar surface area (TPSA) is 84.9 Å². The number of hydrogen-bond donors (Lipinski definition) is 0. The summed E-state index contributed by atoms with van der Waals surface area (Å²) in [5.74, 6) is -0.642. The van der Waals surface area contributed by atoms with Gasteiger partial charge in [0.25, 0.3) is 5.91 Å². The Kier molecular flexibility index (Phi) is 6.31. The molecule has 0 saturated carbocycles. The molecule has 180 valence electrons. The first-order chi connectivity index (χ1) is 17.0. The summed E-state index contributed by atoms with van der Waals surface area (Å²) in [5, 5.41) is 0. The normalized spacial score (nSPS) is 16.8. The van der Waals surface area contributed by atoms with E-state index in [-0.39, 0.29) is 29.8 Å². The minimum Gasteiger partial charge on any atom is -0.472 e. The first-order valence-electron chi connectivity index (χ1n) is 11.5. The Morgan fingerprint density at radius 1 is 1.11 bits per heavy atom. The Labute approximate surface area is 202 Å². The van der Waals surface area contributed by atoms with E-state index in [1.165, 1.54) is 35.9 Å². The SMILES string of the molecule is COC(=O)[C@@H]1CCCN1C(=O)c1cnc(N2CCc3ccccc32)nc1OCc1ccc(F)cc1. The molecule has 1 aromatic heterocycles. The van der Waals surface area contributed by atoms with Crippen molar-refractivity contribution in [1.82, 2.24) is 14.9 Å². The molecule has 0 N–H and O–H groups in total. The number of rotatable bonds is 6. The van der Waals surface area contributed by atoms with Gasteiger partial charge in [-0.15, -0.1) is 0 Å². The Morgan fingerprint density at radius 3 is 2.71 bits per heavy atom. The molecule has 0 radical (unpaired) electrons. The van der Waals surface area contributed by atoms with Crippen molar-refractivity contribution in [3.05, 3.63) is 77.2 Å². The second-order valence-corrected chi connectivity index (χ2v) is 8.51. The number of para-hydroxylation sites is 1. The highest BCUT2D eigenvalue weighted by Gasteiger charge is 2.37. The predicted molar refractivity (Wildman–Crippen MR) is 126 cm³/mol. The average molecular weight is 477 g/mol. The number of nitrogens with zero attached hydrogens (tertiary/aromatic N) is 4. The third-order valence-electron chi connectivity index (χ3n) is 6.38. The zero-order valence-corrected chi connectivity index (χ0v) is 19.3. The van der Waals surface area contributed by atoms with Crippen LogP contribution in [0.5, 0.6) is 5.88 Å². The highest BCUT2D eigenvalue weighted by atomic mass is 19.1. The number of anilines is 2. The maximum Gasteiger partial charge on any atom is 0.328 e. The number of likely N-dealkylation sites (tertiary alicyclic amines) is 1. The van der Waals surface area contributed by atoms with Gasteiger partial charge in [0.1, 0.15) is 24.0 Å². The van der Waals surface area contributed by atoms with Crippen LogP contribution in [0.1, 0.15) is 34.3 Å². The molecule has 0 aliphatic carbocycles. The standard InChI is InChI=1S/C26H25FN4O4/c1-34-25(33)22-7-4-13-30(22)24(32)20-15-28-26(31-14-12-18-5-2-3-6-21(18)31)29-23(20)35-16-17-8-10-19(27)11-9-17/h2-3,5-6,8-11,15,22H,4,7,12-14,16H2,1H3/t22-/m0/s1. The largest absolute Gasteiger partial charge is 0.472 e. The van der Waals surface area contributed by atoms with Crippen LogP contribution in [0.4, 0.5) is 16.0 Å². The van der Waals surface area contributed by atoms with Crippen LogP contribution in [-0.4, -0.2) is 53.0 Å². The van der Waals surface area contributed by atoms with Crippen molar-refractivity contribution in [2.24, 2.45) is 0 Å². The van der Waals surface area contributed by atoms with Gasteiger partial charge in [0.15, 0.2) is 0 Å². The molecule has 0 bridgehead atoms. The molecule has 2 aliphatic heterocycles. The summed E-state index contributed by atoms with van der Waals surface area (Å²) in [5.41, 5.74) is 3.11. The molecular formula is C26H25FN4O4. The van der Waals surface area contributed by atoms with Crippen LogP contribution in [0, 0.1) is 5.82 Å². The van der Waals surface area contributed by atoms with Gasteiger partial charge in [0, 0.05) is 25.0 Å². The molecule has 1 atom stereocenters. The van der Waals surface area contributed by atoms with Gasteiger partial charge in [0.05, 0.1) is 7.11 Å². The van der Waals surface area contributed by atoms with E-state index in [4.69, 9.17) is 9.47 Å². The van der Waals surface area contributed by atoms with Crippen LogP contribution in [0.2, 0.25) is 0 Å². The van der Waals surface area contributed by atoms with Gasteiger partial charge in [-0.2, -0.15) is 4.98 Å². The number of aromatic nitrogens is 2. The monoisotopic (exact) mass is 476 g/mol. The van der Waals surface area contributed by atoms with Crippen molar-refractivity contribution >= 4 is 23.5 Å². The summed E-state index contributed by atoms with van der Waals surface area (Å²) >= 11 is 0. The molecule has 2 aliphatic rings. The molecular weight excluding hydrogens is 451 g/mol. The quantitative estimate of drug-likeness (QED) is 0.502. The number of hydrogen-bond acceptors (Lipinski definition) is 7.